The summed E-state index contributed by atoms with van der Waals surface area (Å²) in [6.07, 6.45) is 1.39. The van der Waals surface area contributed by atoms with Crippen molar-refractivity contribution in [1.29, 1.82) is 0 Å². The van der Waals surface area contributed by atoms with E-state index in [9.17, 15) is 14.0 Å². The van der Waals surface area contributed by atoms with Crippen LogP contribution in [0.2, 0.25) is 5.02 Å². The summed E-state index contributed by atoms with van der Waals surface area (Å²) in [7, 11) is 0. The van der Waals surface area contributed by atoms with Crippen molar-refractivity contribution in [3.8, 4) is 5.75 Å². The van der Waals surface area contributed by atoms with Crippen molar-refractivity contribution < 1.29 is 23.8 Å². The molecule has 1 heterocycles. The first kappa shape index (κ1) is 20.8. The van der Waals surface area contributed by atoms with Crippen molar-refractivity contribution in [3.05, 3.63) is 70.1 Å². The van der Waals surface area contributed by atoms with Crippen LogP contribution in [0.5, 0.6) is 5.75 Å². The monoisotopic (exact) mass is 418 g/mol. The second-order valence-electron chi connectivity index (χ2n) is 6.60. The maximum Gasteiger partial charge on any atom is 0.253 e. The molecule has 6 nitrogen and oxygen atoms in total. The summed E-state index contributed by atoms with van der Waals surface area (Å²) in [4.78, 5) is 24.8. The molecule has 29 heavy (non-hydrogen) atoms. The first-order valence-electron chi connectivity index (χ1n) is 8.99. The summed E-state index contributed by atoms with van der Waals surface area (Å²) in [5.74, 6) is -1.37. The highest BCUT2D eigenvalue weighted by atomic mass is 35.5. The van der Waals surface area contributed by atoms with Crippen LogP contribution in [0.1, 0.15) is 23.5 Å². The van der Waals surface area contributed by atoms with Crippen LogP contribution in [-0.2, 0) is 9.59 Å². The molecule has 2 aromatic carbocycles. The predicted molar refractivity (Wildman–Crippen MR) is 107 cm³/mol. The molecule has 1 aliphatic rings. The van der Waals surface area contributed by atoms with Gasteiger partial charge in [0.25, 0.3) is 5.91 Å². The second-order valence-corrected chi connectivity index (χ2v) is 7.01. The van der Waals surface area contributed by atoms with Crippen molar-refractivity contribution >= 4 is 29.1 Å². The third-order valence-electron chi connectivity index (χ3n) is 4.54. The Morgan fingerprint density at radius 3 is 2.90 bits per heavy atom. The van der Waals surface area contributed by atoms with Crippen LogP contribution in [0, 0.1) is 12.7 Å². The topological polar surface area (TPSA) is 87.7 Å². The van der Waals surface area contributed by atoms with E-state index in [4.69, 9.17) is 21.4 Å². The van der Waals surface area contributed by atoms with Crippen LogP contribution >= 0.6 is 11.6 Å². The lowest BCUT2D eigenvalue weighted by atomic mass is 9.86. The van der Waals surface area contributed by atoms with E-state index in [0.29, 0.717) is 33.2 Å². The lowest BCUT2D eigenvalue weighted by Gasteiger charge is -2.24. The number of rotatable bonds is 6. The van der Waals surface area contributed by atoms with Gasteiger partial charge in [-0.2, -0.15) is 0 Å². The fraction of sp³-hybridized carbons (Fsp3) is 0.238. The maximum atomic E-state index is 13.7. The summed E-state index contributed by atoms with van der Waals surface area (Å²) < 4.78 is 19.0. The van der Waals surface area contributed by atoms with E-state index in [-0.39, 0.29) is 25.5 Å². The first-order valence-corrected chi connectivity index (χ1v) is 9.37. The van der Waals surface area contributed by atoms with Crippen molar-refractivity contribution in [2.75, 3.05) is 18.5 Å². The second kappa shape index (κ2) is 9.07. The molecule has 0 fully saturated rings. The van der Waals surface area contributed by atoms with E-state index >= 15 is 0 Å². The average Bonchev–Trinajstić information content (AvgIpc) is 2.69. The summed E-state index contributed by atoms with van der Waals surface area (Å²) in [5, 5.41) is 14.6. The molecule has 2 amide bonds. The Bertz CT molecular complexity index is 977. The Morgan fingerprint density at radius 1 is 1.38 bits per heavy atom. The molecule has 0 saturated heterocycles. The molecule has 0 aliphatic carbocycles. The van der Waals surface area contributed by atoms with Crippen LogP contribution in [0.25, 0.3) is 0 Å². The first-order chi connectivity index (χ1) is 13.9. The van der Waals surface area contributed by atoms with Crippen LogP contribution in [-0.4, -0.2) is 30.1 Å². The van der Waals surface area contributed by atoms with Gasteiger partial charge in [-0.3, -0.25) is 9.59 Å². The Hall–Kier alpha value is -2.90. The molecule has 0 spiro atoms. The molecule has 0 aromatic heterocycles. The van der Waals surface area contributed by atoms with Crippen LogP contribution in [0.4, 0.5) is 10.1 Å². The summed E-state index contributed by atoms with van der Waals surface area (Å²) in [6.45, 7) is 1.67. The number of aliphatic hydroxyl groups excluding tert-OH is 1. The summed E-state index contributed by atoms with van der Waals surface area (Å²) >= 11 is 6.14. The minimum Gasteiger partial charge on any atom is -0.490 e. The van der Waals surface area contributed by atoms with Crippen molar-refractivity contribution in [3.63, 3.8) is 0 Å². The lowest BCUT2D eigenvalue weighted by molar-refractivity contribution is -0.121. The zero-order chi connectivity index (χ0) is 21.0. The molecule has 3 rings (SSSR count). The van der Waals surface area contributed by atoms with Gasteiger partial charge in [-0.1, -0.05) is 23.7 Å². The Balaban J connectivity index is 1.88. The number of amides is 2. The Morgan fingerprint density at radius 2 is 2.17 bits per heavy atom. The molecule has 2 aromatic rings. The molecule has 3 N–H and O–H groups in total. The van der Waals surface area contributed by atoms with Crippen LogP contribution in [0.15, 0.2) is 48.2 Å². The van der Waals surface area contributed by atoms with Crippen molar-refractivity contribution in [1.82, 2.24) is 5.32 Å². The molecule has 0 saturated carbocycles. The average molecular weight is 419 g/mol. The Labute approximate surface area is 172 Å². The zero-order valence-electron chi connectivity index (χ0n) is 15.7. The third-order valence-corrected chi connectivity index (χ3v) is 4.84. The Kier molecular flexibility index (Phi) is 6.51. The summed E-state index contributed by atoms with van der Waals surface area (Å²) in [5.41, 5.74) is 2.04. The third kappa shape index (κ3) is 4.93. The highest BCUT2D eigenvalue weighted by Gasteiger charge is 2.29. The number of carbonyl (C=O) groups is 2. The number of nitrogens with one attached hydrogen (secondary N) is 2. The number of anilines is 1. The molecule has 8 heteroatoms. The summed E-state index contributed by atoms with van der Waals surface area (Å²) in [6, 6.07) is 9.07. The standard InChI is InChI=1S/C21H20ClFN2O4/c1-12-7-17(22)19(29-6-5-26)10-18(12)25-21(28)16-11-24-20(27)9-15(16)13-3-2-4-14(23)8-13/h2-4,7-8,10-11,15,26H,5-6,9H2,1H3,(H,24,27)(H,25,28)/t15-/m1/s1. The van der Waals surface area contributed by atoms with Gasteiger partial charge in [0.05, 0.1) is 11.6 Å². The molecule has 0 unspecified atom stereocenters. The normalized spacial score (nSPS) is 16.1. The minimum absolute atomic E-state index is 0.0349. The maximum absolute atomic E-state index is 13.7. The lowest BCUT2D eigenvalue weighted by Crippen LogP contribution is -2.32. The van der Waals surface area contributed by atoms with E-state index < -0.39 is 17.6 Å². The SMILES string of the molecule is Cc1cc(Cl)c(OCCO)cc1NC(=O)C1=CNC(=O)C[C@@H]1c1cccc(F)c1. The van der Waals surface area contributed by atoms with Gasteiger partial charge < -0.3 is 20.5 Å². The van der Waals surface area contributed by atoms with Gasteiger partial charge >= 0.3 is 0 Å². The van der Waals surface area contributed by atoms with Gasteiger partial charge in [-0.25, -0.2) is 4.39 Å². The van der Waals surface area contributed by atoms with Gasteiger partial charge in [0.15, 0.2) is 0 Å². The quantitative estimate of drug-likeness (QED) is 0.671. The smallest absolute Gasteiger partial charge is 0.253 e. The van der Waals surface area contributed by atoms with Gasteiger partial charge in [-0.15, -0.1) is 0 Å². The fourth-order valence-corrected chi connectivity index (χ4v) is 3.38. The van der Waals surface area contributed by atoms with Gasteiger partial charge in [0, 0.05) is 35.9 Å². The molecule has 0 radical (unpaired) electrons. The number of aryl methyl sites for hydroxylation is 1. The van der Waals surface area contributed by atoms with E-state index in [1.165, 1.54) is 18.3 Å². The van der Waals surface area contributed by atoms with Crippen molar-refractivity contribution in [2.45, 2.75) is 19.3 Å². The number of carbonyl (C=O) groups excluding carboxylic acids is 2. The highest BCUT2D eigenvalue weighted by molar-refractivity contribution is 6.32. The molecule has 1 atom stereocenters. The largest absolute Gasteiger partial charge is 0.490 e. The minimum atomic E-state index is -0.572. The number of hydrogen-bond acceptors (Lipinski definition) is 4. The number of halogens is 2. The van der Waals surface area contributed by atoms with Gasteiger partial charge in [0.1, 0.15) is 18.2 Å². The zero-order valence-corrected chi connectivity index (χ0v) is 16.4. The van der Waals surface area contributed by atoms with E-state index in [0.717, 1.165) is 0 Å². The van der Waals surface area contributed by atoms with Gasteiger partial charge in [-0.05, 0) is 36.2 Å². The predicted octanol–water partition coefficient (Wildman–Crippen LogP) is 3.28. The fourth-order valence-electron chi connectivity index (χ4n) is 3.11. The molecule has 1 aliphatic heterocycles. The number of hydrogen-bond donors (Lipinski definition) is 3. The number of ether oxygens (including phenoxy) is 1. The van der Waals surface area contributed by atoms with Gasteiger partial charge in [0.2, 0.25) is 5.91 Å². The molecule has 152 valence electrons. The molecular formula is C21H20ClFN2O4. The van der Waals surface area contributed by atoms with Crippen molar-refractivity contribution in [2.24, 2.45) is 0 Å². The number of aliphatic hydroxyl groups is 1. The van der Waals surface area contributed by atoms with E-state index in [1.54, 1.807) is 31.2 Å². The van der Waals surface area contributed by atoms with Crippen LogP contribution in [0.3, 0.4) is 0 Å². The van der Waals surface area contributed by atoms with E-state index in [1.807, 2.05) is 0 Å². The molecular weight excluding hydrogens is 399 g/mol. The molecule has 0 bridgehead atoms. The van der Waals surface area contributed by atoms with E-state index in [2.05, 4.69) is 10.6 Å². The highest BCUT2D eigenvalue weighted by Crippen LogP contribution is 2.34. The number of benzene rings is 2. The van der Waals surface area contributed by atoms with Crippen LogP contribution < -0.4 is 15.4 Å².